The second-order valence-corrected chi connectivity index (χ2v) is 5.06. The van der Waals surface area contributed by atoms with E-state index in [0.29, 0.717) is 11.3 Å². The van der Waals surface area contributed by atoms with Gasteiger partial charge in [-0.1, -0.05) is 0 Å². The number of rotatable bonds is 2. The molecule has 0 aliphatic heterocycles. The summed E-state index contributed by atoms with van der Waals surface area (Å²) in [5.41, 5.74) is 5.94. The Morgan fingerprint density at radius 2 is 2.11 bits per heavy atom. The molecule has 0 atom stereocenters. The lowest BCUT2D eigenvalue weighted by Crippen LogP contribution is -2.27. The summed E-state index contributed by atoms with van der Waals surface area (Å²) >= 11 is 0. The topological polar surface area (TPSA) is 93.8 Å². The van der Waals surface area contributed by atoms with Crippen molar-refractivity contribution in [3.8, 4) is 0 Å². The molecule has 0 aliphatic rings. The molecule has 1 amide bonds. The maximum Gasteiger partial charge on any atom is 0.267 e. The Labute approximate surface area is 105 Å². The summed E-state index contributed by atoms with van der Waals surface area (Å²) in [4.78, 5) is 23.6. The first-order valence-corrected chi connectivity index (χ1v) is 5.55. The van der Waals surface area contributed by atoms with Crippen LogP contribution in [0.25, 0.3) is 10.9 Å². The third kappa shape index (κ3) is 2.53. The van der Waals surface area contributed by atoms with E-state index in [0.717, 1.165) is 5.39 Å². The van der Waals surface area contributed by atoms with E-state index in [1.54, 1.807) is 12.3 Å². The highest BCUT2D eigenvalue weighted by atomic mass is 16.1. The second kappa shape index (κ2) is 4.21. The van der Waals surface area contributed by atoms with Crippen molar-refractivity contribution in [3.63, 3.8) is 0 Å². The van der Waals surface area contributed by atoms with Crippen LogP contribution in [0.3, 0.4) is 0 Å². The number of fused-ring (bicyclic) bond motifs is 1. The van der Waals surface area contributed by atoms with Gasteiger partial charge in [0.15, 0.2) is 5.82 Å². The Morgan fingerprint density at radius 1 is 1.39 bits per heavy atom. The average molecular weight is 245 g/mol. The number of aromatic nitrogens is 3. The zero-order valence-electron chi connectivity index (χ0n) is 10.6. The van der Waals surface area contributed by atoms with E-state index in [1.807, 2.05) is 20.8 Å². The SMILES string of the molecule is CC(C)(C)Nc1nc(C(N)=O)cc2cncnc12. The molecule has 2 aromatic heterocycles. The summed E-state index contributed by atoms with van der Waals surface area (Å²) in [6, 6.07) is 1.59. The molecule has 3 N–H and O–H groups in total. The second-order valence-electron chi connectivity index (χ2n) is 5.06. The smallest absolute Gasteiger partial charge is 0.267 e. The maximum absolute atomic E-state index is 11.3. The molecule has 0 spiro atoms. The standard InChI is InChI=1S/C12H15N5O/c1-12(2,3)17-11-9-7(5-14-6-15-9)4-8(16-11)10(13)18/h4-6H,1-3H3,(H2,13,18)(H,16,17). The van der Waals surface area contributed by atoms with Gasteiger partial charge in [-0.3, -0.25) is 4.79 Å². The quantitative estimate of drug-likeness (QED) is 0.832. The largest absolute Gasteiger partial charge is 0.364 e. The molecule has 94 valence electrons. The van der Waals surface area contributed by atoms with Crippen LogP contribution in [-0.2, 0) is 0 Å². The van der Waals surface area contributed by atoms with Crippen LogP contribution in [0.1, 0.15) is 31.3 Å². The highest BCUT2D eigenvalue weighted by Gasteiger charge is 2.16. The van der Waals surface area contributed by atoms with E-state index < -0.39 is 5.91 Å². The molecule has 6 nitrogen and oxygen atoms in total. The maximum atomic E-state index is 11.3. The highest BCUT2D eigenvalue weighted by Crippen LogP contribution is 2.22. The molecule has 2 aromatic rings. The molecule has 2 rings (SSSR count). The van der Waals surface area contributed by atoms with E-state index in [4.69, 9.17) is 5.73 Å². The number of pyridine rings is 1. The molecule has 0 radical (unpaired) electrons. The van der Waals surface area contributed by atoms with Gasteiger partial charge in [0.1, 0.15) is 17.5 Å². The summed E-state index contributed by atoms with van der Waals surface area (Å²) in [6.07, 6.45) is 3.08. The fraction of sp³-hybridized carbons (Fsp3) is 0.333. The van der Waals surface area contributed by atoms with E-state index >= 15 is 0 Å². The van der Waals surface area contributed by atoms with Gasteiger partial charge in [0, 0.05) is 17.1 Å². The minimum atomic E-state index is -0.572. The Balaban J connectivity index is 2.64. The van der Waals surface area contributed by atoms with Crippen molar-refractivity contribution in [2.45, 2.75) is 26.3 Å². The van der Waals surface area contributed by atoms with Gasteiger partial charge in [0.05, 0.1) is 0 Å². The fourth-order valence-electron chi connectivity index (χ4n) is 1.57. The zero-order chi connectivity index (χ0) is 13.3. The van der Waals surface area contributed by atoms with Crippen molar-refractivity contribution < 1.29 is 4.79 Å². The van der Waals surface area contributed by atoms with Crippen molar-refractivity contribution in [2.24, 2.45) is 5.73 Å². The summed E-state index contributed by atoms with van der Waals surface area (Å²) in [5, 5.41) is 3.94. The first-order valence-electron chi connectivity index (χ1n) is 5.55. The number of carbonyl (C=O) groups is 1. The van der Waals surface area contributed by atoms with Crippen LogP contribution in [0, 0.1) is 0 Å². The minimum absolute atomic E-state index is 0.193. The van der Waals surface area contributed by atoms with Crippen molar-refractivity contribution >= 4 is 22.6 Å². The minimum Gasteiger partial charge on any atom is -0.364 e. The van der Waals surface area contributed by atoms with Gasteiger partial charge in [-0.2, -0.15) is 0 Å². The Hall–Kier alpha value is -2.24. The summed E-state index contributed by atoms with van der Waals surface area (Å²) < 4.78 is 0. The molecule has 0 aliphatic carbocycles. The van der Waals surface area contributed by atoms with Gasteiger partial charge >= 0.3 is 0 Å². The lowest BCUT2D eigenvalue weighted by Gasteiger charge is -2.22. The van der Waals surface area contributed by atoms with E-state index in [1.165, 1.54) is 6.33 Å². The number of nitrogens with one attached hydrogen (secondary N) is 1. The predicted molar refractivity (Wildman–Crippen MR) is 69.2 cm³/mol. The molecule has 0 saturated carbocycles. The van der Waals surface area contributed by atoms with Crippen LogP contribution >= 0.6 is 0 Å². The summed E-state index contributed by atoms with van der Waals surface area (Å²) in [6.45, 7) is 6.00. The Bertz CT molecular complexity index is 603. The van der Waals surface area contributed by atoms with Crippen molar-refractivity contribution in [2.75, 3.05) is 5.32 Å². The van der Waals surface area contributed by atoms with Crippen LogP contribution in [-0.4, -0.2) is 26.4 Å². The monoisotopic (exact) mass is 245 g/mol. The number of nitrogens with zero attached hydrogens (tertiary/aromatic N) is 3. The van der Waals surface area contributed by atoms with Gasteiger partial charge in [-0.25, -0.2) is 15.0 Å². The van der Waals surface area contributed by atoms with Gasteiger partial charge in [0.2, 0.25) is 0 Å². The normalized spacial score (nSPS) is 11.5. The van der Waals surface area contributed by atoms with Gasteiger partial charge < -0.3 is 11.1 Å². The number of amides is 1. The lowest BCUT2D eigenvalue weighted by molar-refractivity contribution is 0.0996. The van der Waals surface area contributed by atoms with Crippen molar-refractivity contribution in [1.82, 2.24) is 15.0 Å². The fourth-order valence-corrected chi connectivity index (χ4v) is 1.57. The lowest BCUT2D eigenvalue weighted by atomic mass is 10.1. The third-order valence-electron chi connectivity index (χ3n) is 2.24. The Morgan fingerprint density at radius 3 is 2.72 bits per heavy atom. The number of hydrogen-bond acceptors (Lipinski definition) is 5. The molecule has 18 heavy (non-hydrogen) atoms. The highest BCUT2D eigenvalue weighted by molar-refractivity contribution is 5.97. The van der Waals surface area contributed by atoms with Gasteiger partial charge in [0.25, 0.3) is 5.91 Å². The molecular weight excluding hydrogens is 230 g/mol. The molecule has 0 bridgehead atoms. The van der Waals surface area contributed by atoms with Crippen LogP contribution in [0.2, 0.25) is 0 Å². The number of carbonyl (C=O) groups excluding carboxylic acids is 1. The molecular formula is C12H15N5O. The van der Waals surface area contributed by atoms with Crippen LogP contribution in [0.15, 0.2) is 18.6 Å². The first-order chi connectivity index (χ1) is 8.37. The van der Waals surface area contributed by atoms with E-state index in [9.17, 15) is 4.79 Å². The van der Waals surface area contributed by atoms with Crippen LogP contribution < -0.4 is 11.1 Å². The summed E-state index contributed by atoms with van der Waals surface area (Å²) in [7, 11) is 0. The van der Waals surface area contributed by atoms with Crippen LogP contribution in [0.5, 0.6) is 0 Å². The van der Waals surface area contributed by atoms with Crippen molar-refractivity contribution in [3.05, 3.63) is 24.3 Å². The van der Waals surface area contributed by atoms with Crippen molar-refractivity contribution in [1.29, 1.82) is 0 Å². The number of anilines is 1. The number of nitrogens with two attached hydrogens (primary N) is 1. The number of primary amides is 1. The third-order valence-corrected chi connectivity index (χ3v) is 2.24. The average Bonchev–Trinajstić information content (AvgIpc) is 2.26. The van der Waals surface area contributed by atoms with Gasteiger partial charge in [-0.15, -0.1) is 0 Å². The molecule has 0 fully saturated rings. The first kappa shape index (κ1) is 12.2. The Kier molecular flexibility index (Phi) is 2.86. The molecule has 0 aromatic carbocycles. The van der Waals surface area contributed by atoms with E-state index in [-0.39, 0.29) is 11.2 Å². The molecule has 0 saturated heterocycles. The van der Waals surface area contributed by atoms with E-state index in [2.05, 4.69) is 20.3 Å². The van der Waals surface area contributed by atoms with Gasteiger partial charge in [-0.05, 0) is 26.8 Å². The predicted octanol–water partition coefficient (Wildman–Crippen LogP) is 1.33. The zero-order valence-corrected chi connectivity index (χ0v) is 10.6. The molecule has 6 heteroatoms. The molecule has 0 unspecified atom stereocenters. The summed E-state index contributed by atoms with van der Waals surface area (Å²) in [5.74, 6) is -0.0334. The molecule has 2 heterocycles. The number of hydrogen-bond donors (Lipinski definition) is 2. The van der Waals surface area contributed by atoms with Crippen LogP contribution in [0.4, 0.5) is 5.82 Å².